The molecule has 1 aliphatic heterocycles. The van der Waals surface area contributed by atoms with Crippen molar-refractivity contribution in [3.8, 4) is 5.75 Å². The lowest BCUT2D eigenvalue weighted by Gasteiger charge is -2.30. The third kappa shape index (κ3) is 5.49. The molecule has 1 fully saturated rings. The second kappa shape index (κ2) is 10.5. The molecule has 0 bridgehead atoms. The van der Waals surface area contributed by atoms with Gasteiger partial charge in [-0.2, -0.15) is 0 Å². The predicted octanol–water partition coefficient (Wildman–Crippen LogP) is 6.69. The molecule has 1 saturated heterocycles. The minimum absolute atomic E-state index is 0.00313. The van der Waals surface area contributed by atoms with Crippen LogP contribution >= 0.6 is 60.0 Å². The summed E-state index contributed by atoms with van der Waals surface area (Å²) in [4.78, 5) is 27.1. The molecule has 3 aromatic rings. The Labute approximate surface area is 227 Å². The number of rotatable bonds is 5. The summed E-state index contributed by atoms with van der Waals surface area (Å²) in [5.74, 6) is -0.328. The number of benzene rings is 3. The van der Waals surface area contributed by atoms with Gasteiger partial charge in [0.1, 0.15) is 17.9 Å². The molecule has 2 amide bonds. The first-order valence-corrected chi connectivity index (χ1v) is 12.9. The average Bonchev–Trinajstić information content (AvgIpc) is 2.78. The highest BCUT2D eigenvalue weighted by Crippen LogP contribution is 2.28. The van der Waals surface area contributed by atoms with Crippen LogP contribution in [-0.4, -0.2) is 16.9 Å². The maximum Gasteiger partial charge on any atom is 0.270 e. The molecule has 0 aromatic heterocycles. The molecule has 5 nitrogen and oxygen atoms in total. The highest BCUT2D eigenvalue weighted by atomic mass is 79.9. The molecular formula is C25H17Br3N2O3S. The number of anilines is 1. The molecule has 0 atom stereocenters. The van der Waals surface area contributed by atoms with E-state index in [1.165, 1.54) is 4.90 Å². The first-order valence-electron chi connectivity index (χ1n) is 10.1. The van der Waals surface area contributed by atoms with Crippen molar-refractivity contribution in [1.29, 1.82) is 0 Å². The lowest BCUT2D eigenvalue weighted by Crippen LogP contribution is -2.54. The van der Waals surface area contributed by atoms with Crippen molar-refractivity contribution in [2.75, 3.05) is 4.90 Å². The quantitative estimate of drug-likeness (QED) is 0.188. The zero-order valence-corrected chi connectivity index (χ0v) is 23.3. The zero-order chi connectivity index (χ0) is 24.4. The van der Waals surface area contributed by atoms with E-state index in [0.29, 0.717) is 23.6 Å². The Morgan fingerprint density at radius 1 is 0.971 bits per heavy atom. The number of carbonyl (C=O) groups excluding carboxylic acids is 2. The molecule has 1 aliphatic rings. The van der Waals surface area contributed by atoms with Crippen LogP contribution in [0, 0.1) is 6.92 Å². The van der Waals surface area contributed by atoms with E-state index < -0.39 is 11.8 Å². The Balaban J connectivity index is 1.53. The zero-order valence-electron chi connectivity index (χ0n) is 17.8. The third-order valence-corrected chi connectivity index (χ3v) is 7.11. The lowest BCUT2D eigenvalue weighted by atomic mass is 10.1. The van der Waals surface area contributed by atoms with Gasteiger partial charge in [-0.25, -0.2) is 0 Å². The summed E-state index contributed by atoms with van der Waals surface area (Å²) < 4.78 is 8.69. The van der Waals surface area contributed by atoms with Crippen LogP contribution < -0.4 is 15.0 Å². The number of hydrogen-bond donors (Lipinski definition) is 1. The molecule has 34 heavy (non-hydrogen) atoms. The van der Waals surface area contributed by atoms with Gasteiger partial charge in [-0.15, -0.1) is 0 Å². The second-order valence-corrected chi connectivity index (χ2v) is 10.6. The van der Waals surface area contributed by atoms with Crippen molar-refractivity contribution in [3.63, 3.8) is 0 Å². The third-order valence-electron chi connectivity index (χ3n) is 5.10. The van der Waals surface area contributed by atoms with Crippen LogP contribution in [0.5, 0.6) is 5.75 Å². The highest BCUT2D eigenvalue weighted by molar-refractivity contribution is 9.11. The smallest absolute Gasteiger partial charge is 0.270 e. The van der Waals surface area contributed by atoms with Crippen molar-refractivity contribution in [3.05, 3.63) is 96.3 Å². The van der Waals surface area contributed by atoms with E-state index in [0.717, 1.165) is 24.5 Å². The number of ether oxygens (including phenoxy) is 1. The number of amides is 2. The van der Waals surface area contributed by atoms with Gasteiger partial charge in [-0.1, -0.05) is 66.0 Å². The largest absolute Gasteiger partial charge is 0.489 e. The molecule has 0 aliphatic carbocycles. The van der Waals surface area contributed by atoms with E-state index >= 15 is 0 Å². The van der Waals surface area contributed by atoms with Crippen molar-refractivity contribution in [2.24, 2.45) is 0 Å². The summed E-state index contributed by atoms with van der Waals surface area (Å²) in [6.45, 7) is 2.27. The summed E-state index contributed by atoms with van der Waals surface area (Å²) in [5.41, 5.74) is 3.17. The van der Waals surface area contributed by atoms with Gasteiger partial charge < -0.3 is 4.74 Å². The summed E-state index contributed by atoms with van der Waals surface area (Å²) in [7, 11) is 0. The molecule has 0 saturated carbocycles. The fourth-order valence-corrected chi connectivity index (χ4v) is 5.28. The number of halogens is 3. The summed E-state index contributed by atoms with van der Waals surface area (Å²) in [6.07, 6.45) is 1.55. The first-order chi connectivity index (χ1) is 16.2. The van der Waals surface area contributed by atoms with Crippen LogP contribution in [0.4, 0.5) is 5.69 Å². The van der Waals surface area contributed by atoms with Crippen molar-refractivity contribution in [2.45, 2.75) is 13.5 Å². The van der Waals surface area contributed by atoms with E-state index in [4.69, 9.17) is 17.0 Å². The topological polar surface area (TPSA) is 58.6 Å². The summed E-state index contributed by atoms with van der Waals surface area (Å²) in [5, 5.41) is 2.67. The van der Waals surface area contributed by atoms with Gasteiger partial charge in [0.2, 0.25) is 0 Å². The molecule has 3 aromatic carbocycles. The molecule has 1 heterocycles. The summed E-state index contributed by atoms with van der Waals surface area (Å²) >= 11 is 15.7. The van der Waals surface area contributed by atoms with Crippen LogP contribution in [0.1, 0.15) is 16.7 Å². The fraction of sp³-hybridized carbons (Fsp3) is 0.0800. The van der Waals surface area contributed by atoms with Gasteiger partial charge in [-0.3, -0.25) is 19.8 Å². The molecule has 172 valence electrons. The molecule has 9 heteroatoms. The molecule has 4 rings (SSSR count). The second-order valence-electron chi connectivity index (χ2n) is 7.48. The van der Waals surface area contributed by atoms with E-state index in [9.17, 15) is 9.59 Å². The number of thiocarbonyl (C=S) groups is 1. The highest BCUT2D eigenvalue weighted by Gasteiger charge is 2.35. The van der Waals surface area contributed by atoms with Crippen LogP contribution in [0.25, 0.3) is 6.08 Å². The van der Waals surface area contributed by atoms with Gasteiger partial charge in [-0.05, 0) is 78.8 Å². The van der Waals surface area contributed by atoms with Gasteiger partial charge in [0.05, 0.1) is 5.69 Å². The number of carbonyl (C=O) groups is 2. The first kappa shape index (κ1) is 24.8. The van der Waals surface area contributed by atoms with E-state index in [2.05, 4.69) is 53.1 Å². The maximum absolute atomic E-state index is 13.2. The number of nitrogens with one attached hydrogen (secondary N) is 1. The van der Waals surface area contributed by atoms with Crippen molar-refractivity contribution in [1.82, 2.24) is 5.32 Å². The minimum Gasteiger partial charge on any atom is -0.489 e. The van der Waals surface area contributed by atoms with Crippen LogP contribution in [0.3, 0.4) is 0 Å². The van der Waals surface area contributed by atoms with Gasteiger partial charge in [0.15, 0.2) is 5.11 Å². The lowest BCUT2D eigenvalue weighted by molar-refractivity contribution is -0.122. The molecular weight excluding hydrogens is 648 g/mol. The normalized spacial score (nSPS) is 15.0. The Morgan fingerprint density at radius 2 is 1.65 bits per heavy atom. The van der Waals surface area contributed by atoms with Crippen LogP contribution in [0.2, 0.25) is 0 Å². The SMILES string of the molecule is Cc1cc(Br)ccc1N1C(=O)/C(=C/c2ccc(OCc3ccc(Br)cc3Br)cc2)C(=O)NC1=S. The summed E-state index contributed by atoms with van der Waals surface area (Å²) in [6, 6.07) is 18.6. The van der Waals surface area contributed by atoms with Gasteiger partial charge >= 0.3 is 0 Å². The fourth-order valence-electron chi connectivity index (χ4n) is 3.37. The molecule has 0 spiro atoms. The number of nitrogens with zero attached hydrogens (tertiary/aromatic N) is 1. The minimum atomic E-state index is -0.526. The van der Waals surface area contributed by atoms with Gasteiger partial charge in [0.25, 0.3) is 11.8 Å². The van der Waals surface area contributed by atoms with Crippen LogP contribution in [-0.2, 0) is 16.2 Å². The number of aryl methyl sites for hydroxylation is 1. The number of hydrogen-bond acceptors (Lipinski definition) is 4. The van der Waals surface area contributed by atoms with E-state index in [1.807, 2.05) is 37.3 Å². The van der Waals surface area contributed by atoms with Crippen molar-refractivity contribution < 1.29 is 14.3 Å². The molecule has 0 radical (unpaired) electrons. The monoisotopic (exact) mass is 662 g/mol. The predicted molar refractivity (Wildman–Crippen MR) is 148 cm³/mol. The Morgan fingerprint density at radius 3 is 2.32 bits per heavy atom. The van der Waals surface area contributed by atoms with E-state index in [1.54, 1.807) is 36.4 Å². The van der Waals surface area contributed by atoms with Crippen molar-refractivity contribution >= 4 is 88.7 Å². The molecule has 1 N–H and O–H groups in total. The van der Waals surface area contributed by atoms with E-state index in [-0.39, 0.29) is 10.7 Å². The maximum atomic E-state index is 13.2. The Kier molecular flexibility index (Phi) is 7.67. The van der Waals surface area contributed by atoms with Gasteiger partial charge in [0, 0.05) is 19.0 Å². The standard InChI is InChI=1S/C25H17Br3N2O3S/c1-14-10-17(26)6-9-22(14)30-24(32)20(23(31)29-25(30)34)11-15-2-7-19(8-3-15)33-13-16-4-5-18(27)12-21(16)28/h2-12H,13H2,1H3,(H,29,31,34)/b20-11+. The molecule has 0 unspecified atom stereocenters. The Bertz CT molecular complexity index is 1340. The average molecular weight is 665 g/mol. The Hall–Kier alpha value is -2.33. The van der Waals surface area contributed by atoms with Crippen LogP contribution in [0.15, 0.2) is 79.7 Å².